The molecule has 1 amide bonds. The number of aromatic nitrogens is 4. The van der Waals surface area contributed by atoms with Crippen LogP contribution in [-0.2, 0) is 17.9 Å². The van der Waals surface area contributed by atoms with Crippen molar-refractivity contribution in [2.75, 3.05) is 26.2 Å². The molecule has 0 radical (unpaired) electrons. The quantitative estimate of drug-likeness (QED) is 0.828. The second-order valence-corrected chi connectivity index (χ2v) is 5.73. The van der Waals surface area contributed by atoms with Gasteiger partial charge in [0.1, 0.15) is 12.9 Å². The van der Waals surface area contributed by atoms with Gasteiger partial charge in [-0.1, -0.05) is 23.7 Å². The van der Waals surface area contributed by atoms with Gasteiger partial charge in [-0.25, -0.2) is 4.68 Å². The van der Waals surface area contributed by atoms with Crippen molar-refractivity contribution in [2.24, 2.45) is 0 Å². The number of hydrogen-bond acceptors (Lipinski definition) is 5. The van der Waals surface area contributed by atoms with Crippen LogP contribution in [0.1, 0.15) is 5.56 Å². The normalized spacial score (nSPS) is 16.0. The van der Waals surface area contributed by atoms with Crippen LogP contribution in [0.3, 0.4) is 0 Å². The number of carbonyl (C=O) groups is 1. The zero-order valence-electron chi connectivity index (χ0n) is 12.1. The molecule has 1 aromatic carbocycles. The first kappa shape index (κ1) is 14.9. The van der Waals surface area contributed by atoms with Crippen molar-refractivity contribution in [1.82, 2.24) is 30.0 Å². The molecule has 7 nitrogen and oxygen atoms in total. The third-order valence-electron chi connectivity index (χ3n) is 3.73. The van der Waals surface area contributed by atoms with Crippen molar-refractivity contribution in [3.63, 3.8) is 0 Å². The van der Waals surface area contributed by atoms with Crippen molar-refractivity contribution in [3.05, 3.63) is 41.2 Å². The summed E-state index contributed by atoms with van der Waals surface area (Å²) in [6.07, 6.45) is 1.45. The van der Waals surface area contributed by atoms with Gasteiger partial charge in [-0.15, -0.1) is 5.10 Å². The van der Waals surface area contributed by atoms with Gasteiger partial charge in [0.2, 0.25) is 5.91 Å². The zero-order valence-corrected chi connectivity index (χ0v) is 12.9. The maximum Gasteiger partial charge on any atom is 0.244 e. The van der Waals surface area contributed by atoms with Gasteiger partial charge >= 0.3 is 0 Å². The average molecular weight is 321 g/mol. The highest BCUT2D eigenvalue weighted by atomic mass is 35.5. The molecule has 0 atom stereocenters. The standard InChI is InChI=1S/C14H17ClN6O/c15-13-3-1-12(2-4-13)9-19-5-7-20(8-6-19)14(22)10-21-11-16-17-18-21/h1-4,11H,5-10H2. The summed E-state index contributed by atoms with van der Waals surface area (Å²) in [4.78, 5) is 16.3. The highest BCUT2D eigenvalue weighted by molar-refractivity contribution is 6.30. The van der Waals surface area contributed by atoms with Gasteiger partial charge in [0.25, 0.3) is 0 Å². The number of tetrazole rings is 1. The van der Waals surface area contributed by atoms with Crippen LogP contribution in [0.25, 0.3) is 0 Å². The largest absolute Gasteiger partial charge is 0.339 e. The Hall–Kier alpha value is -1.99. The second kappa shape index (κ2) is 6.85. The van der Waals surface area contributed by atoms with E-state index in [1.807, 2.05) is 29.2 Å². The summed E-state index contributed by atoms with van der Waals surface area (Å²) in [5, 5.41) is 11.5. The summed E-state index contributed by atoms with van der Waals surface area (Å²) >= 11 is 5.89. The molecule has 8 heteroatoms. The Labute approximate surface area is 133 Å². The molecular formula is C14H17ClN6O. The monoisotopic (exact) mass is 320 g/mol. The highest BCUT2D eigenvalue weighted by Gasteiger charge is 2.21. The van der Waals surface area contributed by atoms with Gasteiger partial charge in [-0.3, -0.25) is 9.69 Å². The van der Waals surface area contributed by atoms with Crippen molar-refractivity contribution in [2.45, 2.75) is 13.1 Å². The zero-order chi connectivity index (χ0) is 15.4. The molecule has 2 aromatic rings. The molecule has 116 valence electrons. The number of carbonyl (C=O) groups excluding carboxylic acids is 1. The van der Waals surface area contributed by atoms with Crippen molar-refractivity contribution < 1.29 is 4.79 Å². The van der Waals surface area contributed by atoms with E-state index in [4.69, 9.17) is 11.6 Å². The molecule has 1 aromatic heterocycles. The molecule has 0 N–H and O–H groups in total. The van der Waals surface area contributed by atoms with E-state index in [0.717, 1.165) is 37.7 Å². The first-order valence-corrected chi connectivity index (χ1v) is 7.54. The summed E-state index contributed by atoms with van der Waals surface area (Å²) in [6.45, 7) is 4.27. The number of hydrogen-bond donors (Lipinski definition) is 0. The third kappa shape index (κ3) is 3.80. The fourth-order valence-corrected chi connectivity index (χ4v) is 2.62. The third-order valence-corrected chi connectivity index (χ3v) is 3.99. The molecule has 0 spiro atoms. The lowest BCUT2D eigenvalue weighted by Crippen LogP contribution is -2.49. The van der Waals surface area contributed by atoms with Crippen LogP contribution >= 0.6 is 11.6 Å². The molecule has 3 rings (SSSR count). The average Bonchev–Trinajstić information content (AvgIpc) is 3.03. The predicted molar refractivity (Wildman–Crippen MR) is 81.1 cm³/mol. The molecule has 0 unspecified atom stereocenters. The van der Waals surface area contributed by atoms with E-state index < -0.39 is 0 Å². The Balaban J connectivity index is 1.47. The molecule has 1 aliphatic rings. The van der Waals surface area contributed by atoms with Gasteiger partial charge in [-0.2, -0.15) is 0 Å². The molecule has 0 bridgehead atoms. The van der Waals surface area contributed by atoms with E-state index in [0.29, 0.717) is 0 Å². The van der Waals surface area contributed by atoms with E-state index in [2.05, 4.69) is 20.4 Å². The van der Waals surface area contributed by atoms with Gasteiger partial charge in [-0.05, 0) is 28.1 Å². The first-order chi connectivity index (χ1) is 10.7. The predicted octanol–water partition coefficient (Wildman–Crippen LogP) is 0.671. The van der Waals surface area contributed by atoms with E-state index in [1.165, 1.54) is 16.6 Å². The Morgan fingerprint density at radius 2 is 1.86 bits per heavy atom. The smallest absolute Gasteiger partial charge is 0.244 e. The molecule has 22 heavy (non-hydrogen) atoms. The lowest BCUT2D eigenvalue weighted by Gasteiger charge is -2.34. The van der Waals surface area contributed by atoms with Crippen LogP contribution in [0.2, 0.25) is 5.02 Å². The van der Waals surface area contributed by atoms with E-state index >= 15 is 0 Å². The lowest BCUT2D eigenvalue weighted by atomic mass is 10.2. The summed E-state index contributed by atoms with van der Waals surface area (Å²) in [6, 6.07) is 7.89. The Kier molecular flexibility index (Phi) is 4.65. The lowest BCUT2D eigenvalue weighted by molar-refractivity contribution is -0.133. The number of piperazine rings is 1. The molecule has 1 aliphatic heterocycles. The Morgan fingerprint density at radius 1 is 1.14 bits per heavy atom. The van der Waals surface area contributed by atoms with Crippen LogP contribution in [0.5, 0.6) is 0 Å². The Morgan fingerprint density at radius 3 is 2.50 bits per heavy atom. The van der Waals surface area contributed by atoms with Crippen molar-refractivity contribution in [3.8, 4) is 0 Å². The van der Waals surface area contributed by atoms with Crippen LogP contribution in [0.4, 0.5) is 0 Å². The minimum Gasteiger partial charge on any atom is -0.339 e. The second-order valence-electron chi connectivity index (χ2n) is 5.29. The fraction of sp³-hybridized carbons (Fsp3) is 0.429. The highest BCUT2D eigenvalue weighted by Crippen LogP contribution is 2.13. The van der Waals surface area contributed by atoms with E-state index in [-0.39, 0.29) is 12.5 Å². The van der Waals surface area contributed by atoms with Crippen LogP contribution in [-0.4, -0.2) is 62.1 Å². The topological polar surface area (TPSA) is 67.2 Å². The number of amides is 1. The van der Waals surface area contributed by atoms with Gasteiger partial charge in [0, 0.05) is 37.7 Å². The van der Waals surface area contributed by atoms with Crippen LogP contribution < -0.4 is 0 Å². The minimum atomic E-state index is 0.0541. The molecule has 0 saturated carbocycles. The molecule has 2 heterocycles. The number of nitrogens with zero attached hydrogens (tertiary/aromatic N) is 6. The summed E-state index contributed by atoms with van der Waals surface area (Å²) in [5.41, 5.74) is 1.23. The Bertz CT molecular complexity index is 607. The summed E-state index contributed by atoms with van der Waals surface area (Å²) < 4.78 is 1.45. The number of benzene rings is 1. The van der Waals surface area contributed by atoms with Crippen molar-refractivity contribution in [1.29, 1.82) is 0 Å². The maximum absolute atomic E-state index is 12.1. The van der Waals surface area contributed by atoms with Gasteiger partial charge in [0.15, 0.2) is 0 Å². The van der Waals surface area contributed by atoms with Gasteiger partial charge < -0.3 is 4.90 Å². The molecule has 0 aliphatic carbocycles. The summed E-state index contributed by atoms with van der Waals surface area (Å²) in [5.74, 6) is 0.0541. The number of halogens is 1. The fourth-order valence-electron chi connectivity index (χ4n) is 2.49. The first-order valence-electron chi connectivity index (χ1n) is 7.16. The van der Waals surface area contributed by atoms with E-state index in [1.54, 1.807) is 0 Å². The van der Waals surface area contributed by atoms with Crippen LogP contribution in [0.15, 0.2) is 30.6 Å². The van der Waals surface area contributed by atoms with Crippen LogP contribution in [0, 0.1) is 0 Å². The van der Waals surface area contributed by atoms with Crippen molar-refractivity contribution >= 4 is 17.5 Å². The SMILES string of the molecule is O=C(Cn1cnnn1)N1CCN(Cc2ccc(Cl)cc2)CC1. The number of rotatable bonds is 4. The molecule has 1 fully saturated rings. The maximum atomic E-state index is 12.1. The molecular weight excluding hydrogens is 304 g/mol. The van der Waals surface area contributed by atoms with E-state index in [9.17, 15) is 4.79 Å². The van der Waals surface area contributed by atoms with Gasteiger partial charge in [0.05, 0.1) is 0 Å². The minimum absolute atomic E-state index is 0.0541. The summed E-state index contributed by atoms with van der Waals surface area (Å²) in [7, 11) is 0. The molecule has 1 saturated heterocycles.